The summed E-state index contributed by atoms with van der Waals surface area (Å²) in [6.07, 6.45) is 3.73. The smallest absolute Gasteiger partial charge is 1.00 e. The third-order valence-electron chi connectivity index (χ3n) is 3.25. The molecule has 1 aliphatic carbocycles. The van der Waals surface area contributed by atoms with E-state index in [1.807, 2.05) is 0 Å². The van der Waals surface area contributed by atoms with E-state index in [9.17, 15) is 0 Å². The van der Waals surface area contributed by atoms with Gasteiger partial charge in [-0.3, -0.25) is 6.08 Å². The first-order valence-electron chi connectivity index (χ1n) is 8.29. The Morgan fingerprint density at radius 1 is 0.960 bits per heavy atom. The van der Waals surface area contributed by atoms with Crippen LogP contribution in [0, 0.1) is 11.5 Å². The SMILES string of the molecule is CC1=C(NC(C)(C)C)C([Si](C)(C)C)=[C-]C1(C)C.C[N-]C.C[N-]C.[Cl-].[Ti+4]. The number of nitrogens with zero attached hydrogens (tertiary/aromatic N) is 2. The van der Waals surface area contributed by atoms with Gasteiger partial charge >= 0.3 is 21.7 Å². The van der Waals surface area contributed by atoms with E-state index in [0.717, 1.165) is 0 Å². The minimum Gasteiger partial charge on any atom is -1.00 e. The van der Waals surface area contributed by atoms with Crippen LogP contribution in [0.4, 0.5) is 0 Å². The zero-order chi connectivity index (χ0) is 19.1. The van der Waals surface area contributed by atoms with E-state index < -0.39 is 8.07 Å². The first kappa shape index (κ1) is 33.0. The molecule has 0 amide bonds. The molecule has 0 aromatic carbocycles. The maximum Gasteiger partial charge on any atom is 4.00 e. The van der Waals surface area contributed by atoms with Crippen LogP contribution in [0.3, 0.4) is 0 Å². The van der Waals surface area contributed by atoms with Gasteiger partial charge in [0.25, 0.3) is 0 Å². The largest absolute Gasteiger partial charge is 4.00 e. The van der Waals surface area contributed by atoms with Gasteiger partial charge < -0.3 is 28.4 Å². The fraction of sp³-hybridized carbons (Fsp3) is 0.789. The zero-order valence-corrected chi connectivity index (χ0v) is 22.1. The van der Waals surface area contributed by atoms with E-state index in [-0.39, 0.29) is 45.1 Å². The van der Waals surface area contributed by atoms with Crippen LogP contribution in [0.5, 0.6) is 0 Å². The quantitative estimate of drug-likeness (QED) is 0.540. The Kier molecular flexibility index (Phi) is 17.9. The van der Waals surface area contributed by atoms with Crippen molar-refractivity contribution in [3.63, 3.8) is 0 Å². The van der Waals surface area contributed by atoms with Crippen LogP contribution < -0.4 is 17.7 Å². The number of hydrogen-bond acceptors (Lipinski definition) is 1. The van der Waals surface area contributed by atoms with Crippen molar-refractivity contribution in [1.82, 2.24) is 5.32 Å². The van der Waals surface area contributed by atoms with E-state index in [1.165, 1.54) is 16.5 Å². The molecular formula is C19H40ClN3SiTi. The molecule has 0 aromatic rings. The molecule has 3 nitrogen and oxygen atoms in total. The van der Waals surface area contributed by atoms with Gasteiger partial charge in [-0.2, -0.15) is 28.2 Å². The second kappa shape index (κ2) is 13.6. The molecule has 1 N–H and O–H groups in total. The van der Waals surface area contributed by atoms with E-state index in [4.69, 9.17) is 0 Å². The molecule has 0 unspecified atom stereocenters. The van der Waals surface area contributed by atoms with Gasteiger partial charge in [-0.1, -0.05) is 45.8 Å². The monoisotopic (exact) mass is 421 g/mol. The summed E-state index contributed by atoms with van der Waals surface area (Å²) in [6.45, 7) is 20.6. The number of hydrogen-bond donors (Lipinski definition) is 1. The summed E-state index contributed by atoms with van der Waals surface area (Å²) in [5, 5.41) is 12.2. The van der Waals surface area contributed by atoms with Crippen molar-refractivity contribution in [2.24, 2.45) is 5.41 Å². The van der Waals surface area contributed by atoms with Crippen molar-refractivity contribution < 1.29 is 34.1 Å². The van der Waals surface area contributed by atoms with Gasteiger partial charge in [-0.15, -0.1) is 11.3 Å². The molecule has 0 aliphatic heterocycles. The Morgan fingerprint density at radius 2 is 1.28 bits per heavy atom. The van der Waals surface area contributed by atoms with Crippen LogP contribution in [-0.4, -0.2) is 41.8 Å². The molecule has 6 heteroatoms. The Morgan fingerprint density at radius 3 is 1.52 bits per heavy atom. The third kappa shape index (κ3) is 13.3. The fourth-order valence-electron chi connectivity index (χ4n) is 2.06. The molecular weight excluding hydrogens is 382 g/mol. The van der Waals surface area contributed by atoms with Crippen LogP contribution in [0.25, 0.3) is 10.6 Å². The van der Waals surface area contributed by atoms with Crippen molar-refractivity contribution in [1.29, 1.82) is 0 Å². The molecule has 0 aromatic heterocycles. The minimum absolute atomic E-state index is 0. The minimum atomic E-state index is -1.33. The Hall–Kier alpha value is 0.421. The molecule has 1 aliphatic rings. The van der Waals surface area contributed by atoms with E-state index >= 15 is 0 Å². The Balaban J connectivity index is -0.000000242. The second-order valence-electron chi connectivity index (χ2n) is 8.64. The third-order valence-corrected chi connectivity index (χ3v) is 5.12. The van der Waals surface area contributed by atoms with Crippen molar-refractivity contribution in [3.8, 4) is 0 Å². The van der Waals surface area contributed by atoms with Crippen molar-refractivity contribution in [3.05, 3.63) is 33.2 Å². The van der Waals surface area contributed by atoms with Gasteiger partial charge in [0.15, 0.2) is 0 Å². The molecule has 0 fully saturated rings. The molecule has 0 spiro atoms. The normalized spacial score (nSPS) is 15.5. The van der Waals surface area contributed by atoms with Crippen molar-refractivity contribution in [2.75, 3.05) is 28.2 Å². The van der Waals surface area contributed by atoms with Gasteiger partial charge in [0.2, 0.25) is 0 Å². The average molecular weight is 422 g/mol. The molecule has 0 heterocycles. The average Bonchev–Trinajstić information content (AvgIpc) is 2.53. The van der Waals surface area contributed by atoms with Gasteiger partial charge in [0, 0.05) is 13.6 Å². The molecule has 0 saturated heterocycles. The Labute approximate surface area is 180 Å². The first-order chi connectivity index (χ1) is 10.2. The number of rotatable bonds is 2. The van der Waals surface area contributed by atoms with Crippen LogP contribution in [0.2, 0.25) is 19.6 Å². The molecule has 1 rings (SSSR count). The summed E-state index contributed by atoms with van der Waals surface area (Å²) >= 11 is 0. The number of nitrogens with one attached hydrogen (secondary N) is 1. The molecule has 146 valence electrons. The molecule has 0 bridgehead atoms. The van der Waals surface area contributed by atoms with E-state index in [1.54, 1.807) is 28.2 Å². The van der Waals surface area contributed by atoms with Crippen LogP contribution >= 0.6 is 0 Å². The van der Waals surface area contributed by atoms with E-state index in [0.29, 0.717) is 0 Å². The maximum absolute atomic E-state index is 3.73. The zero-order valence-electron chi connectivity index (χ0n) is 18.8. The van der Waals surface area contributed by atoms with E-state index in [2.05, 4.69) is 83.2 Å². The van der Waals surface area contributed by atoms with Crippen molar-refractivity contribution in [2.45, 2.75) is 66.7 Å². The van der Waals surface area contributed by atoms with Crippen LogP contribution in [0.1, 0.15) is 41.5 Å². The van der Waals surface area contributed by atoms with Crippen LogP contribution in [-0.2, 0) is 21.7 Å². The van der Waals surface area contributed by atoms with Crippen LogP contribution in [0.15, 0.2) is 16.5 Å². The predicted molar refractivity (Wildman–Crippen MR) is 110 cm³/mol. The topological polar surface area (TPSA) is 40.2 Å². The molecule has 0 saturated carbocycles. The summed E-state index contributed by atoms with van der Waals surface area (Å²) in [4.78, 5) is 0. The van der Waals surface area contributed by atoms with Gasteiger partial charge in [0.1, 0.15) is 0 Å². The summed E-state index contributed by atoms with van der Waals surface area (Å²) in [5.74, 6) is 0. The van der Waals surface area contributed by atoms with Gasteiger partial charge in [-0.05, 0) is 20.8 Å². The summed E-state index contributed by atoms with van der Waals surface area (Å²) in [6, 6.07) is 0. The standard InChI is InChI=1S/C15H28NSi.2C2H6N.ClH.Ti/c1-11-13(16-14(2,3)4)12(17(7,8)9)10-15(11,5)6;2*1-3-2;;/h16H,1-9H3;2*1-2H3;1H;/q3*-1;;+4/p-1. The van der Waals surface area contributed by atoms with Crippen molar-refractivity contribution >= 4 is 8.07 Å². The summed E-state index contributed by atoms with van der Waals surface area (Å²) < 4.78 is 0. The summed E-state index contributed by atoms with van der Waals surface area (Å²) in [7, 11) is 5.67. The second-order valence-corrected chi connectivity index (χ2v) is 13.6. The predicted octanol–water partition coefficient (Wildman–Crippen LogP) is 2.54. The Bertz CT molecular complexity index is 417. The summed E-state index contributed by atoms with van der Waals surface area (Å²) in [5.41, 5.74) is 3.00. The molecule has 25 heavy (non-hydrogen) atoms. The molecule has 0 atom stereocenters. The van der Waals surface area contributed by atoms with Gasteiger partial charge in [0.05, 0.1) is 0 Å². The molecule has 0 radical (unpaired) electrons. The fourth-order valence-corrected chi connectivity index (χ4v) is 3.75. The van der Waals surface area contributed by atoms with Gasteiger partial charge in [-0.25, -0.2) is 5.20 Å². The number of allylic oxidation sites excluding steroid dienone is 3. The maximum atomic E-state index is 3.73. The number of halogens is 1. The first-order valence-corrected chi connectivity index (χ1v) is 11.8.